The molecule has 11 heteroatoms. The number of sulfonamides is 1. The zero-order chi connectivity index (χ0) is 27.6. The molecule has 0 radical (unpaired) electrons. The number of carbonyl (C=O) groups is 1. The first-order valence-corrected chi connectivity index (χ1v) is 13.3. The molecule has 0 aliphatic rings. The molecule has 0 aliphatic heterocycles. The van der Waals surface area contributed by atoms with Crippen molar-refractivity contribution in [2.24, 2.45) is 14.1 Å². The van der Waals surface area contributed by atoms with E-state index >= 15 is 0 Å². The van der Waals surface area contributed by atoms with Crippen LogP contribution in [0, 0.1) is 6.92 Å². The summed E-state index contributed by atoms with van der Waals surface area (Å²) in [6.45, 7) is 1.99. The fourth-order valence-electron chi connectivity index (χ4n) is 4.34. The normalized spacial score (nSPS) is 11.4. The van der Waals surface area contributed by atoms with Gasteiger partial charge in [-0.05, 0) is 60.9 Å². The van der Waals surface area contributed by atoms with Gasteiger partial charge in [0, 0.05) is 20.6 Å². The molecule has 0 unspecified atom stereocenters. The first kappa shape index (κ1) is 26.8. The molecular weight excluding hydrogens is 508 g/mol. The summed E-state index contributed by atoms with van der Waals surface area (Å²) < 4.78 is 42.8. The molecule has 1 aromatic heterocycles. The van der Waals surface area contributed by atoms with Gasteiger partial charge in [0.1, 0.15) is 0 Å². The lowest BCUT2D eigenvalue weighted by molar-refractivity contribution is 0.0955. The second-order valence-corrected chi connectivity index (χ2v) is 10.5. The molecule has 0 saturated heterocycles. The number of ether oxygens (including phenoxy) is 2. The van der Waals surface area contributed by atoms with Gasteiger partial charge in [0.05, 0.1) is 41.4 Å². The molecule has 0 bridgehead atoms. The van der Waals surface area contributed by atoms with Crippen LogP contribution in [0.4, 0.5) is 5.69 Å². The Bertz CT molecular complexity index is 1690. The molecule has 2 N–H and O–H groups in total. The molecule has 200 valence electrons. The largest absolute Gasteiger partial charge is 0.493 e. The number of imidazole rings is 1. The zero-order valence-electron chi connectivity index (χ0n) is 21.9. The SMILES string of the molecule is COc1ccc(CCNC(=O)c2ccccc2NS(=O)(=O)c2cc3c(cc2C)n(C)c(=O)n3C)cc1OC. The van der Waals surface area contributed by atoms with Crippen LogP contribution in [0.1, 0.15) is 21.5 Å². The highest BCUT2D eigenvalue weighted by atomic mass is 32.2. The second-order valence-electron chi connectivity index (χ2n) is 8.85. The van der Waals surface area contributed by atoms with Crippen molar-refractivity contribution in [2.45, 2.75) is 18.2 Å². The number of nitrogens with one attached hydrogen (secondary N) is 2. The molecule has 0 atom stereocenters. The maximum Gasteiger partial charge on any atom is 0.328 e. The molecule has 1 heterocycles. The number of hydrogen-bond donors (Lipinski definition) is 2. The summed E-state index contributed by atoms with van der Waals surface area (Å²) in [6, 6.07) is 15.1. The molecular formula is C27H30N4O6S. The van der Waals surface area contributed by atoms with Crippen LogP contribution in [0.5, 0.6) is 11.5 Å². The minimum Gasteiger partial charge on any atom is -0.493 e. The van der Waals surface area contributed by atoms with Crippen molar-refractivity contribution in [3.05, 3.63) is 81.8 Å². The quantitative estimate of drug-likeness (QED) is 0.338. The van der Waals surface area contributed by atoms with E-state index in [1.54, 1.807) is 65.6 Å². The lowest BCUT2D eigenvalue weighted by Gasteiger charge is -2.15. The summed E-state index contributed by atoms with van der Waals surface area (Å²) in [6.07, 6.45) is 0.537. The van der Waals surface area contributed by atoms with E-state index in [0.717, 1.165) is 5.56 Å². The lowest BCUT2D eigenvalue weighted by Crippen LogP contribution is -2.27. The van der Waals surface area contributed by atoms with E-state index in [9.17, 15) is 18.0 Å². The van der Waals surface area contributed by atoms with Gasteiger partial charge in [0.25, 0.3) is 15.9 Å². The van der Waals surface area contributed by atoms with Crippen molar-refractivity contribution in [3.8, 4) is 11.5 Å². The van der Waals surface area contributed by atoms with E-state index < -0.39 is 15.9 Å². The number of amides is 1. The number of aromatic nitrogens is 2. The number of benzene rings is 3. The molecule has 38 heavy (non-hydrogen) atoms. The van der Waals surface area contributed by atoms with E-state index in [2.05, 4.69) is 10.0 Å². The summed E-state index contributed by atoms with van der Waals surface area (Å²) in [4.78, 5) is 25.3. The number of hydrogen-bond acceptors (Lipinski definition) is 6. The molecule has 10 nitrogen and oxygen atoms in total. The van der Waals surface area contributed by atoms with Crippen molar-refractivity contribution >= 4 is 32.7 Å². The Hall–Kier alpha value is -4.25. The Morgan fingerprint density at radius 2 is 1.58 bits per heavy atom. The Morgan fingerprint density at radius 1 is 0.921 bits per heavy atom. The number of fused-ring (bicyclic) bond motifs is 1. The van der Waals surface area contributed by atoms with Gasteiger partial charge in [-0.25, -0.2) is 13.2 Å². The maximum atomic E-state index is 13.4. The first-order valence-electron chi connectivity index (χ1n) is 11.8. The van der Waals surface area contributed by atoms with Crippen LogP contribution in [0.3, 0.4) is 0 Å². The number of rotatable bonds is 9. The van der Waals surface area contributed by atoms with Gasteiger partial charge in [0.15, 0.2) is 11.5 Å². The highest BCUT2D eigenvalue weighted by molar-refractivity contribution is 7.92. The third-order valence-corrected chi connectivity index (χ3v) is 7.93. The zero-order valence-corrected chi connectivity index (χ0v) is 22.7. The highest BCUT2D eigenvalue weighted by Crippen LogP contribution is 2.28. The Kier molecular flexibility index (Phi) is 7.49. The van der Waals surface area contributed by atoms with Crippen molar-refractivity contribution in [1.82, 2.24) is 14.5 Å². The summed E-state index contributed by atoms with van der Waals surface area (Å²) in [5.41, 5.74) is 2.62. The van der Waals surface area contributed by atoms with Crippen molar-refractivity contribution in [1.29, 1.82) is 0 Å². The Labute approximate surface area is 220 Å². The van der Waals surface area contributed by atoms with Gasteiger partial charge in [-0.1, -0.05) is 18.2 Å². The van der Waals surface area contributed by atoms with Crippen molar-refractivity contribution < 1.29 is 22.7 Å². The van der Waals surface area contributed by atoms with Crippen LogP contribution < -0.4 is 25.2 Å². The Balaban J connectivity index is 1.54. The molecule has 4 aromatic rings. The minimum absolute atomic E-state index is 0.0230. The van der Waals surface area contributed by atoms with Crippen LogP contribution in [-0.2, 0) is 30.5 Å². The fraction of sp³-hybridized carbons (Fsp3) is 0.259. The van der Waals surface area contributed by atoms with Gasteiger partial charge in [-0.15, -0.1) is 0 Å². The minimum atomic E-state index is -4.07. The average Bonchev–Trinajstić information content (AvgIpc) is 3.11. The second kappa shape index (κ2) is 10.6. The summed E-state index contributed by atoms with van der Waals surface area (Å²) in [5.74, 6) is 0.798. The van der Waals surface area contributed by atoms with E-state index in [-0.39, 0.29) is 21.8 Å². The highest BCUT2D eigenvalue weighted by Gasteiger charge is 2.22. The van der Waals surface area contributed by atoms with E-state index in [1.165, 1.54) is 21.3 Å². The number of aryl methyl sites for hydroxylation is 3. The molecule has 0 spiro atoms. The summed E-state index contributed by atoms with van der Waals surface area (Å²) in [7, 11) is 2.27. The summed E-state index contributed by atoms with van der Waals surface area (Å²) >= 11 is 0. The van der Waals surface area contributed by atoms with Gasteiger partial charge in [-0.3, -0.25) is 18.7 Å². The number of methoxy groups -OCH3 is 2. The molecule has 3 aromatic carbocycles. The van der Waals surface area contributed by atoms with Crippen LogP contribution >= 0.6 is 0 Å². The lowest BCUT2D eigenvalue weighted by atomic mass is 10.1. The standard InChI is InChI=1S/C27H30N4O6S/c1-17-14-21-22(31(3)27(33)30(21)2)16-25(17)38(34,35)29-20-9-7-6-8-19(20)26(32)28-13-12-18-10-11-23(36-4)24(15-18)37-5/h6-11,14-16,29H,12-13H2,1-5H3,(H,28,32). The van der Waals surface area contributed by atoms with E-state index in [1.807, 2.05) is 12.1 Å². The summed E-state index contributed by atoms with van der Waals surface area (Å²) in [5, 5.41) is 2.84. The monoisotopic (exact) mass is 538 g/mol. The maximum absolute atomic E-state index is 13.4. The number of para-hydroxylation sites is 1. The van der Waals surface area contributed by atoms with Crippen LogP contribution in [0.2, 0.25) is 0 Å². The predicted octanol–water partition coefficient (Wildman–Crippen LogP) is 2.98. The molecule has 0 fully saturated rings. The van der Waals surface area contributed by atoms with E-state index in [0.29, 0.717) is 41.1 Å². The average molecular weight is 539 g/mol. The molecule has 0 aliphatic carbocycles. The van der Waals surface area contributed by atoms with Gasteiger partial charge >= 0.3 is 5.69 Å². The van der Waals surface area contributed by atoms with Gasteiger partial charge < -0.3 is 14.8 Å². The molecule has 0 saturated carbocycles. The molecule has 1 amide bonds. The topological polar surface area (TPSA) is 121 Å². The van der Waals surface area contributed by atoms with Crippen LogP contribution in [0.25, 0.3) is 11.0 Å². The van der Waals surface area contributed by atoms with Crippen molar-refractivity contribution in [3.63, 3.8) is 0 Å². The van der Waals surface area contributed by atoms with Gasteiger partial charge in [-0.2, -0.15) is 0 Å². The number of anilines is 1. The number of nitrogens with zero attached hydrogens (tertiary/aromatic N) is 2. The first-order chi connectivity index (χ1) is 18.1. The molecule has 4 rings (SSSR count). The number of carbonyl (C=O) groups excluding carboxylic acids is 1. The van der Waals surface area contributed by atoms with E-state index in [4.69, 9.17) is 9.47 Å². The fourth-order valence-corrected chi connectivity index (χ4v) is 5.67. The van der Waals surface area contributed by atoms with Gasteiger partial charge in [0.2, 0.25) is 0 Å². The smallest absolute Gasteiger partial charge is 0.328 e. The predicted molar refractivity (Wildman–Crippen MR) is 146 cm³/mol. The Morgan fingerprint density at radius 3 is 2.26 bits per heavy atom. The van der Waals surface area contributed by atoms with Crippen LogP contribution in [-0.4, -0.2) is 44.2 Å². The third kappa shape index (κ3) is 5.10. The third-order valence-electron chi connectivity index (χ3n) is 6.42. The van der Waals surface area contributed by atoms with Crippen molar-refractivity contribution in [2.75, 3.05) is 25.5 Å². The van der Waals surface area contributed by atoms with Crippen LogP contribution in [0.15, 0.2) is 64.3 Å².